The number of benzene rings is 3. The lowest BCUT2D eigenvalue weighted by molar-refractivity contribution is -0.116. The highest BCUT2D eigenvalue weighted by Gasteiger charge is 2.35. The van der Waals surface area contributed by atoms with E-state index in [4.69, 9.17) is 0 Å². The number of hydrogen-bond acceptors (Lipinski definition) is 3. The van der Waals surface area contributed by atoms with Crippen molar-refractivity contribution in [3.63, 3.8) is 0 Å². The first-order valence-electron chi connectivity index (χ1n) is 9.02. The van der Waals surface area contributed by atoms with Crippen LogP contribution in [-0.2, 0) is 17.6 Å². The first-order chi connectivity index (χ1) is 13.5. The molecule has 0 aromatic heterocycles. The quantitative estimate of drug-likeness (QED) is 0.634. The number of nitrogens with zero attached hydrogens (tertiary/aromatic N) is 1. The number of anilines is 1. The summed E-state index contributed by atoms with van der Waals surface area (Å²) in [7, 11) is 0. The van der Waals surface area contributed by atoms with Gasteiger partial charge in [-0.05, 0) is 65.8 Å². The van der Waals surface area contributed by atoms with E-state index in [1.54, 1.807) is 36.4 Å². The minimum Gasteiger partial charge on any atom is -0.325 e. The van der Waals surface area contributed by atoms with Gasteiger partial charge < -0.3 is 5.32 Å². The van der Waals surface area contributed by atoms with Gasteiger partial charge in [0.15, 0.2) is 0 Å². The van der Waals surface area contributed by atoms with Crippen LogP contribution in [-0.4, -0.2) is 29.2 Å². The van der Waals surface area contributed by atoms with Gasteiger partial charge in [-0.3, -0.25) is 19.3 Å². The van der Waals surface area contributed by atoms with Crippen LogP contribution in [0.25, 0.3) is 10.8 Å². The first-order valence-corrected chi connectivity index (χ1v) is 9.81. The van der Waals surface area contributed by atoms with E-state index in [1.165, 1.54) is 11.1 Å². The second-order valence-electron chi connectivity index (χ2n) is 7.05. The van der Waals surface area contributed by atoms with Crippen molar-refractivity contribution in [2.24, 2.45) is 0 Å². The summed E-state index contributed by atoms with van der Waals surface area (Å²) >= 11 is 3.34. The van der Waals surface area contributed by atoms with E-state index in [9.17, 15) is 14.4 Å². The fourth-order valence-electron chi connectivity index (χ4n) is 4.09. The SMILES string of the molecule is O=C(CN1C(=O)c2ccc3c4c(ccc(c24)C1=O)CC3)Nc1ccc(Br)cc1. The van der Waals surface area contributed by atoms with Crippen molar-refractivity contribution in [3.05, 3.63) is 75.3 Å². The predicted molar refractivity (Wildman–Crippen MR) is 109 cm³/mol. The molecule has 2 aliphatic rings. The number of halogens is 1. The van der Waals surface area contributed by atoms with E-state index in [2.05, 4.69) is 21.2 Å². The third kappa shape index (κ3) is 2.56. The van der Waals surface area contributed by atoms with Gasteiger partial charge in [-0.15, -0.1) is 0 Å². The Morgan fingerprint density at radius 3 is 2.00 bits per heavy atom. The van der Waals surface area contributed by atoms with Crippen molar-refractivity contribution in [2.45, 2.75) is 12.8 Å². The Morgan fingerprint density at radius 2 is 1.43 bits per heavy atom. The maximum atomic E-state index is 13.0. The standard InChI is InChI=1S/C22H15BrN2O3/c23-14-5-7-15(8-6-14)24-18(26)11-25-21(27)16-9-3-12-1-2-13-4-10-17(22(25)28)20(16)19(12)13/h3-10H,1-2,11H2,(H,24,26). The highest BCUT2D eigenvalue weighted by Crippen LogP contribution is 2.38. The van der Waals surface area contributed by atoms with Crippen LogP contribution in [0.4, 0.5) is 5.69 Å². The summed E-state index contributed by atoms with van der Waals surface area (Å²) in [5, 5.41) is 4.51. The molecule has 3 aromatic rings. The zero-order chi connectivity index (χ0) is 19.4. The van der Waals surface area contributed by atoms with Crippen molar-refractivity contribution in [1.29, 1.82) is 0 Å². The minimum atomic E-state index is -0.418. The Morgan fingerprint density at radius 1 is 0.857 bits per heavy atom. The van der Waals surface area contributed by atoms with Crippen LogP contribution in [0, 0.1) is 0 Å². The van der Waals surface area contributed by atoms with Crippen LogP contribution < -0.4 is 5.32 Å². The first kappa shape index (κ1) is 17.1. The molecule has 5 nitrogen and oxygen atoms in total. The van der Waals surface area contributed by atoms with Crippen molar-refractivity contribution in [1.82, 2.24) is 4.90 Å². The molecule has 5 rings (SSSR count). The summed E-state index contributed by atoms with van der Waals surface area (Å²) in [5.74, 6) is -1.25. The Hall–Kier alpha value is -2.99. The third-order valence-corrected chi connectivity index (χ3v) is 5.91. The molecule has 28 heavy (non-hydrogen) atoms. The van der Waals surface area contributed by atoms with Crippen LogP contribution in [0.2, 0.25) is 0 Å². The molecule has 3 amide bonds. The summed E-state index contributed by atoms with van der Waals surface area (Å²) in [6.45, 7) is -0.321. The summed E-state index contributed by atoms with van der Waals surface area (Å²) in [4.78, 5) is 39.5. The van der Waals surface area contributed by atoms with E-state index in [0.29, 0.717) is 16.8 Å². The van der Waals surface area contributed by atoms with Crippen LogP contribution in [0.1, 0.15) is 31.8 Å². The van der Waals surface area contributed by atoms with Crippen molar-refractivity contribution < 1.29 is 14.4 Å². The number of amides is 3. The van der Waals surface area contributed by atoms with Gasteiger partial charge >= 0.3 is 0 Å². The van der Waals surface area contributed by atoms with Crippen LogP contribution in [0.3, 0.4) is 0 Å². The van der Waals surface area contributed by atoms with Crippen LogP contribution >= 0.6 is 15.9 Å². The number of carbonyl (C=O) groups is 3. The second kappa shape index (κ2) is 6.27. The Labute approximate surface area is 169 Å². The van der Waals surface area contributed by atoms with E-state index in [-0.39, 0.29) is 6.54 Å². The molecule has 0 fully saturated rings. The highest BCUT2D eigenvalue weighted by molar-refractivity contribution is 9.10. The molecule has 0 atom stereocenters. The molecule has 0 radical (unpaired) electrons. The highest BCUT2D eigenvalue weighted by atomic mass is 79.9. The molecule has 1 aliphatic heterocycles. The molecule has 1 heterocycles. The van der Waals surface area contributed by atoms with Gasteiger partial charge in [-0.25, -0.2) is 0 Å². The second-order valence-corrected chi connectivity index (χ2v) is 7.96. The molecule has 0 spiro atoms. The van der Waals surface area contributed by atoms with E-state index >= 15 is 0 Å². The molecule has 138 valence electrons. The molecular weight excluding hydrogens is 420 g/mol. The van der Waals surface area contributed by atoms with Crippen LogP contribution in [0.5, 0.6) is 0 Å². The number of rotatable bonds is 3. The van der Waals surface area contributed by atoms with Crippen molar-refractivity contribution in [2.75, 3.05) is 11.9 Å². The number of nitrogens with one attached hydrogen (secondary N) is 1. The Balaban J connectivity index is 1.47. The van der Waals surface area contributed by atoms with E-state index in [1.807, 2.05) is 12.1 Å². The zero-order valence-electron chi connectivity index (χ0n) is 14.8. The normalized spacial score (nSPS) is 14.7. The molecule has 1 aliphatic carbocycles. The Kier molecular flexibility index (Phi) is 3.84. The summed E-state index contributed by atoms with van der Waals surface area (Å²) < 4.78 is 0.896. The van der Waals surface area contributed by atoms with Gasteiger partial charge in [0.1, 0.15) is 6.54 Å². The lowest BCUT2D eigenvalue weighted by Gasteiger charge is -2.27. The monoisotopic (exact) mass is 434 g/mol. The van der Waals surface area contributed by atoms with Gasteiger partial charge in [0, 0.05) is 26.7 Å². The predicted octanol–water partition coefficient (Wildman–Crippen LogP) is 3.94. The number of carbonyl (C=O) groups excluding carboxylic acids is 3. The topological polar surface area (TPSA) is 66.5 Å². The molecule has 0 saturated heterocycles. The third-order valence-electron chi connectivity index (χ3n) is 5.38. The molecule has 1 N–H and O–H groups in total. The fraction of sp³-hybridized carbons (Fsp3) is 0.136. The van der Waals surface area contributed by atoms with Gasteiger partial charge in [0.05, 0.1) is 0 Å². The van der Waals surface area contributed by atoms with E-state index in [0.717, 1.165) is 33.0 Å². The maximum absolute atomic E-state index is 13.0. The average Bonchev–Trinajstić information content (AvgIpc) is 3.11. The smallest absolute Gasteiger partial charge is 0.261 e. The molecule has 0 bridgehead atoms. The van der Waals surface area contributed by atoms with Gasteiger partial charge in [0.2, 0.25) is 5.91 Å². The van der Waals surface area contributed by atoms with Crippen molar-refractivity contribution >= 4 is 50.1 Å². The molecule has 0 unspecified atom stereocenters. The zero-order valence-corrected chi connectivity index (χ0v) is 16.4. The lowest BCUT2D eigenvalue weighted by atomic mass is 9.91. The fourth-order valence-corrected chi connectivity index (χ4v) is 4.35. The number of hydrogen-bond donors (Lipinski definition) is 1. The summed E-state index contributed by atoms with van der Waals surface area (Å²) in [5.41, 5.74) is 3.95. The van der Waals surface area contributed by atoms with Gasteiger partial charge in [0.25, 0.3) is 11.8 Å². The maximum Gasteiger partial charge on any atom is 0.261 e. The number of imide groups is 1. The average molecular weight is 435 g/mol. The molecule has 6 heteroatoms. The molecular formula is C22H15BrN2O3. The molecule has 3 aromatic carbocycles. The molecule has 0 saturated carbocycles. The minimum absolute atomic E-state index is 0.321. The summed E-state index contributed by atoms with van der Waals surface area (Å²) in [6, 6.07) is 14.6. The van der Waals surface area contributed by atoms with Gasteiger partial charge in [-0.1, -0.05) is 28.1 Å². The van der Waals surface area contributed by atoms with E-state index < -0.39 is 17.7 Å². The lowest BCUT2D eigenvalue weighted by Crippen LogP contribution is -2.44. The number of aryl methyl sites for hydroxylation is 2. The van der Waals surface area contributed by atoms with Gasteiger partial charge in [-0.2, -0.15) is 0 Å². The summed E-state index contributed by atoms with van der Waals surface area (Å²) in [6.07, 6.45) is 1.86. The largest absolute Gasteiger partial charge is 0.325 e. The Bertz CT molecular complexity index is 1130. The van der Waals surface area contributed by atoms with Crippen LogP contribution in [0.15, 0.2) is 53.0 Å². The van der Waals surface area contributed by atoms with Crippen molar-refractivity contribution in [3.8, 4) is 0 Å².